The molecule has 1 saturated carbocycles. The second-order valence-electron chi connectivity index (χ2n) is 7.66. The van der Waals surface area contributed by atoms with E-state index in [2.05, 4.69) is 16.7 Å². The lowest BCUT2D eigenvalue weighted by Crippen LogP contribution is -2.36. The van der Waals surface area contributed by atoms with Crippen LogP contribution < -0.4 is 15.5 Å². The Hall–Kier alpha value is -2.82. The van der Waals surface area contributed by atoms with Crippen LogP contribution in [0.4, 0.5) is 11.4 Å². The third-order valence-electron chi connectivity index (χ3n) is 5.72. The van der Waals surface area contributed by atoms with Crippen LogP contribution in [-0.4, -0.2) is 30.9 Å². The summed E-state index contributed by atoms with van der Waals surface area (Å²) in [5, 5.41) is 6.31. The summed E-state index contributed by atoms with van der Waals surface area (Å²) in [6.45, 7) is 0.974. The minimum atomic E-state index is -0.0109. The van der Waals surface area contributed by atoms with Crippen LogP contribution >= 0.6 is 0 Å². The maximum atomic E-state index is 12.6. The van der Waals surface area contributed by atoms with E-state index in [0.29, 0.717) is 11.6 Å². The summed E-state index contributed by atoms with van der Waals surface area (Å²) in [5.74, 6) is 0.0484. The van der Waals surface area contributed by atoms with Crippen LogP contribution in [0.2, 0.25) is 0 Å². The second-order valence-corrected chi connectivity index (χ2v) is 7.66. The SMILES string of the molecule is O=C(NC1CCCCC1)c1ccc(NCC(=O)N2CCc3ccccc32)cc1. The van der Waals surface area contributed by atoms with Gasteiger partial charge < -0.3 is 15.5 Å². The van der Waals surface area contributed by atoms with Crippen molar-refractivity contribution in [2.75, 3.05) is 23.3 Å². The van der Waals surface area contributed by atoms with Gasteiger partial charge in [0.05, 0.1) is 6.54 Å². The van der Waals surface area contributed by atoms with E-state index in [1.807, 2.05) is 47.4 Å². The Bertz CT molecular complexity index is 841. The number of hydrogen-bond acceptors (Lipinski definition) is 3. The Morgan fingerprint density at radius 3 is 2.50 bits per heavy atom. The highest BCUT2D eigenvalue weighted by atomic mass is 16.2. The van der Waals surface area contributed by atoms with Gasteiger partial charge in [-0.15, -0.1) is 0 Å². The number of rotatable bonds is 5. The molecule has 1 fully saturated rings. The molecule has 0 unspecified atom stereocenters. The Morgan fingerprint density at radius 1 is 0.964 bits per heavy atom. The van der Waals surface area contributed by atoms with Crippen molar-refractivity contribution in [1.82, 2.24) is 5.32 Å². The first-order valence-electron chi connectivity index (χ1n) is 10.2. The van der Waals surface area contributed by atoms with E-state index >= 15 is 0 Å². The molecule has 0 radical (unpaired) electrons. The van der Waals surface area contributed by atoms with Crippen molar-refractivity contribution in [2.45, 2.75) is 44.6 Å². The van der Waals surface area contributed by atoms with Gasteiger partial charge in [0.1, 0.15) is 0 Å². The maximum Gasteiger partial charge on any atom is 0.251 e. The van der Waals surface area contributed by atoms with Crippen molar-refractivity contribution < 1.29 is 9.59 Å². The molecular weight excluding hydrogens is 350 g/mol. The summed E-state index contributed by atoms with van der Waals surface area (Å²) in [4.78, 5) is 26.8. The number of fused-ring (bicyclic) bond motifs is 1. The fourth-order valence-corrected chi connectivity index (χ4v) is 4.13. The second kappa shape index (κ2) is 8.46. The highest BCUT2D eigenvalue weighted by Gasteiger charge is 2.23. The summed E-state index contributed by atoms with van der Waals surface area (Å²) in [6, 6.07) is 15.7. The fourth-order valence-electron chi connectivity index (χ4n) is 4.13. The molecule has 2 N–H and O–H groups in total. The van der Waals surface area contributed by atoms with Gasteiger partial charge >= 0.3 is 0 Å². The summed E-state index contributed by atoms with van der Waals surface area (Å²) < 4.78 is 0. The molecule has 5 nitrogen and oxygen atoms in total. The molecule has 146 valence electrons. The smallest absolute Gasteiger partial charge is 0.251 e. The van der Waals surface area contributed by atoms with Crippen molar-refractivity contribution in [1.29, 1.82) is 0 Å². The normalized spacial score (nSPS) is 16.5. The number of benzene rings is 2. The minimum absolute atomic E-state index is 0.0109. The molecule has 0 saturated heterocycles. The van der Waals surface area contributed by atoms with Gasteiger partial charge in [0.25, 0.3) is 5.91 Å². The molecule has 0 spiro atoms. The van der Waals surface area contributed by atoms with Gasteiger partial charge in [0, 0.05) is 29.5 Å². The van der Waals surface area contributed by atoms with Gasteiger partial charge in [0.2, 0.25) is 5.91 Å². The molecule has 2 amide bonds. The molecule has 2 aromatic rings. The molecule has 4 rings (SSSR count). The topological polar surface area (TPSA) is 61.4 Å². The number of hydrogen-bond donors (Lipinski definition) is 2. The molecule has 0 aromatic heterocycles. The van der Waals surface area contributed by atoms with Gasteiger partial charge in [-0.1, -0.05) is 37.5 Å². The summed E-state index contributed by atoms with van der Waals surface area (Å²) in [6.07, 6.45) is 6.73. The van der Waals surface area contributed by atoms with Crippen molar-refractivity contribution >= 4 is 23.2 Å². The van der Waals surface area contributed by atoms with Crippen molar-refractivity contribution in [3.05, 3.63) is 59.7 Å². The van der Waals surface area contributed by atoms with E-state index in [4.69, 9.17) is 0 Å². The van der Waals surface area contributed by atoms with Gasteiger partial charge in [0.15, 0.2) is 0 Å². The molecule has 28 heavy (non-hydrogen) atoms. The lowest BCUT2D eigenvalue weighted by molar-refractivity contribution is -0.116. The van der Waals surface area contributed by atoms with Crippen molar-refractivity contribution in [3.63, 3.8) is 0 Å². The van der Waals surface area contributed by atoms with Gasteiger partial charge in [-0.25, -0.2) is 0 Å². The van der Waals surface area contributed by atoms with E-state index in [0.717, 1.165) is 37.2 Å². The molecule has 5 heteroatoms. The molecule has 1 aliphatic heterocycles. The monoisotopic (exact) mass is 377 g/mol. The first kappa shape index (κ1) is 18.5. The highest BCUT2D eigenvalue weighted by molar-refractivity contribution is 5.98. The molecule has 0 bridgehead atoms. The standard InChI is InChI=1S/C23H27N3O2/c27-22(26-15-14-17-6-4-5-9-21(17)26)16-24-19-12-10-18(11-13-19)23(28)25-20-7-2-1-3-8-20/h4-6,9-13,20,24H,1-3,7-8,14-16H2,(H,25,28). The lowest BCUT2D eigenvalue weighted by Gasteiger charge is -2.22. The predicted octanol–water partition coefficient (Wildman–Crippen LogP) is 3.75. The Morgan fingerprint density at radius 2 is 1.71 bits per heavy atom. The van der Waals surface area contributed by atoms with Gasteiger partial charge in [-0.2, -0.15) is 0 Å². The average Bonchev–Trinajstić information content (AvgIpc) is 3.17. The minimum Gasteiger partial charge on any atom is -0.376 e. The fraction of sp³-hybridized carbons (Fsp3) is 0.391. The number of amides is 2. The zero-order valence-corrected chi connectivity index (χ0v) is 16.1. The van der Waals surface area contributed by atoms with E-state index < -0.39 is 0 Å². The average molecular weight is 377 g/mol. The van der Waals surface area contributed by atoms with E-state index in [1.165, 1.54) is 24.8 Å². The zero-order chi connectivity index (χ0) is 19.3. The maximum absolute atomic E-state index is 12.6. The number of carbonyl (C=O) groups excluding carboxylic acids is 2. The number of nitrogens with zero attached hydrogens (tertiary/aromatic N) is 1. The van der Waals surface area contributed by atoms with E-state index in [-0.39, 0.29) is 18.4 Å². The van der Waals surface area contributed by atoms with Crippen LogP contribution in [-0.2, 0) is 11.2 Å². The third kappa shape index (κ3) is 4.19. The Kier molecular flexibility index (Phi) is 5.60. The molecular formula is C23H27N3O2. The third-order valence-corrected chi connectivity index (χ3v) is 5.72. The van der Waals surface area contributed by atoms with Crippen LogP contribution in [0, 0.1) is 0 Å². The quantitative estimate of drug-likeness (QED) is 0.834. The first-order valence-corrected chi connectivity index (χ1v) is 10.2. The van der Waals surface area contributed by atoms with E-state index in [9.17, 15) is 9.59 Å². The molecule has 1 heterocycles. The van der Waals surface area contributed by atoms with Gasteiger partial charge in [-0.05, 0) is 55.2 Å². The largest absolute Gasteiger partial charge is 0.376 e. The van der Waals surface area contributed by atoms with E-state index in [1.54, 1.807) is 0 Å². The number of nitrogens with one attached hydrogen (secondary N) is 2. The molecule has 2 aromatic carbocycles. The van der Waals surface area contributed by atoms with Crippen LogP contribution in [0.5, 0.6) is 0 Å². The summed E-state index contributed by atoms with van der Waals surface area (Å²) >= 11 is 0. The zero-order valence-electron chi connectivity index (χ0n) is 16.1. The Balaban J connectivity index is 1.30. The first-order chi connectivity index (χ1) is 13.7. The van der Waals surface area contributed by atoms with Crippen molar-refractivity contribution in [3.8, 4) is 0 Å². The van der Waals surface area contributed by atoms with Crippen LogP contribution in [0.3, 0.4) is 0 Å². The lowest BCUT2D eigenvalue weighted by atomic mass is 9.95. The molecule has 0 atom stereocenters. The summed E-state index contributed by atoms with van der Waals surface area (Å²) in [5.41, 5.74) is 3.75. The molecule has 2 aliphatic rings. The van der Waals surface area contributed by atoms with Crippen LogP contribution in [0.15, 0.2) is 48.5 Å². The Labute approximate surface area is 166 Å². The predicted molar refractivity (Wildman–Crippen MR) is 112 cm³/mol. The molecule has 1 aliphatic carbocycles. The van der Waals surface area contributed by atoms with Crippen LogP contribution in [0.1, 0.15) is 48.0 Å². The number of anilines is 2. The number of carbonyl (C=O) groups is 2. The van der Waals surface area contributed by atoms with Crippen molar-refractivity contribution in [2.24, 2.45) is 0 Å². The number of para-hydroxylation sites is 1. The summed E-state index contributed by atoms with van der Waals surface area (Å²) in [7, 11) is 0. The van der Waals surface area contributed by atoms with Crippen LogP contribution in [0.25, 0.3) is 0 Å². The van der Waals surface area contributed by atoms with Gasteiger partial charge in [-0.3, -0.25) is 9.59 Å². The highest BCUT2D eigenvalue weighted by Crippen LogP contribution is 2.27.